The van der Waals surface area contributed by atoms with E-state index in [-0.39, 0.29) is 17.2 Å². The summed E-state index contributed by atoms with van der Waals surface area (Å²) >= 11 is 1.64. The van der Waals surface area contributed by atoms with Crippen LogP contribution in [0.5, 0.6) is 0 Å². The summed E-state index contributed by atoms with van der Waals surface area (Å²) in [5, 5.41) is 2.95. The van der Waals surface area contributed by atoms with Crippen molar-refractivity contribution < 1.29 is 9.59 Å². The van der Waals surface area contributed by atoms with Crippen LogP contribution in [0.1, 0.15) is 61.9 Å². The summed E-state index contributed by atoms with van der Waals surface area (Å²) in [5.41, 5.74) is 3.94. The average molecular weight is 411 g/mol. The molecule has 3 rings (SSSR count). The zero-order chi connectivity index (χ0) is 20.6. The molecule has 1 saturated heterocycles. The zero-order valence-electron chi connectivity index (χ0n) is 17.3. The van der Waals surface area contributed by atoms with Crippen LogP contribution < -0.4 is 10.2 Å². The molecule has 1 fully saturated rings. The molecule has 5 heteroatoms. The van der Waals surface area contributed by atoms with Gasteiger partial charge in [-0.3, -0.25) is 14.5 Å². The fourth-order valence-electron chi connectivity index (χ4n) is 3.61. The number of carbonyl (C=O) groups excluding carboxylic acids is 2. The number of aryl methyl sites for hydroxylation is 1. The van der Waals surface area contributed by atoms with Gasteiger partial charge >= 0.3 is 0 Å². The normalized spacial score (nSPS) is 16.3. The summed E-state index contributed by atoms with van der Waals surface area (Å²) in [4.78, 5) is 26.6. The van der Waals surface area contributed by atoms with Gasteiger partial charge in [0.1, 0.15) is 5.37 Å². The molecule has 29 heavy (non-hydrogen) atoms. The van der Waals surface area contributed by atoms with E-state index in [4.69, 9.17) is 0 Å². The lowest BCUT2D eigenvalue weighted by atomic mass is 10.1. The molecule has 154 valence electrons. The summed E-state index contributed by atoms with van der Waals surface area (Å²) in [7, 11) is 0. The Kier molecular flexibility index (Phi) is 7.76. The number of nitrogens with one attached hydrogen (secondary N) is 1. The van der Waals surface area contributed by atoms with Gasteiger partial charge in [-0.2, -0.15) is 0 Å². The monoisotopic (exact) mass is 410 g/mol. The van der Waals surface area contributed by atoms with Crippen molar-refractivity contribution in [2.24, 2.45) is 0 Å². The molecule has 1 atom stereocenters. The molecule has 4 nitrogen and oxygen atoms in total. The second kappa shape index (κ2) is 10.5. The van der Waals surface area contributed by atoms with Crippen molar-refractivity contribution in [1.82, 2.24) is 0 Å². The van der Waals surface area contributed by atoms with E-state index < -0.39 is 0 Å². The molecule has 0 aliphatic carbocycles. The summed E-state index contributed by atoms with van der Waals surface area (Å²) in [5.74, 6) is 0.686. The van der Waals surface area contributed by atoms with E-state index in [0.29, 0.717) is 12.2 Å². The van der Waals surface area contributed by atoms with Crippen molar-refractivity contribution in [2.75, 3.05) is 16.0 Å². The molecular formula is C24H30N2O2S. The van der Waals surface area contributed by atoms with Gasteiger partial charge in [0, 0.05) is 17.8 Å². The number of unbranched alkanes of at least 4 members (excludes halogenated alkanes) is 4. The Bertz CT molecular complexity index is 835. The lowest BCUT2D eigenvalue weighted by Crippen LogP contribution is -2.28. The van der Waals surface area contributed by atoms with Crippen molar-refractivity contribution >= 4 is 35.0 Å². The second-order valence-electron chi connectivity index (χ2n) is 7.55. The minimum Gasteiger partial charge on any atom is -0.326 e. The number of hydrogen-bond acceptors (Lipinski definition) is 3. The van der Waals surface area contributed by atoms with Crippen LogP contribution in [0.2, 0.25) is 0 Å². The first kappa shape index (κ1) is 21.4. The maximum atomic E-state index is 12.5. The molecule has 1 unspecified atom stereocenters. The molecule has 0 aromatic heterocycles. The zero-order valence-corrected chi connectivity index (χ0v) is 18.1. The van der Waals surface area contributed by atoms with Crippen LogP contribution in [0.3, 0.4) is 0 Å². The smallest absolute Gasteiger partial charge is 0.238 e. The number of thioether (sulfide) groups is 1. The second-order valence-corrected chi connectivity index (χ2v) is 8.62. The highest BCUT2D eigenvalue weighted by Gasteiger charge is 2.34. The van der Waals surface area contributed by atoms with E-state index in [1.165, 1.54) is 19.3 Å². The van der Waals surface area contributed by atoms with Gasteiger partial charge in [0.15, 0.2) is 0 Å². The first-order chi connectivity index (χ1) is 14.1. The maximum Gasteiger partial charge on any atom is 0.238 e. The Hall–Kier alpha value is -2.27. The van der Waals surface area contributed by atoms with E-state index in [1.807, 2.05) is 60.4 Å². The van der Waals surface area contributed by atoms with Crippen molar-refractivity contribution in [3.8, 4) is 0 Å². The number of rotatable bonds is 9. The number of amides is 2. The predicted molar refractivity (Wildman–Crippen MR) is 122 cm³/mol. The van der Waals surface area contributed by atoms with Gasteiger partial charge in [0.05, 0.1) is 5.75 Å². The van der Waals surface area contributed by atoms with Gasteiger partial charge in [0.25, 0.3) is 0 Å². The summed E-state index contributed by atoms with van der Waals surface area (Å²) in [6.45, 7) is 4.22. The molecule has 1 aliphatic heterocycles. The van der Waals surface area contributed by atoms with Gasteiger partial charge in [0.2, 0.25) is 11.8 Å². The molecule has 0 bridgehead atoms. The Morgan fingerprint density at radius 1 is 1.07 bits per heavy atom. The van der Waals surface area contributed by atoms with Crippen molar-refractivity contribution in [1.29, 1.82) is 0 Å². The highest BCUT2D eigenvalue weighted by Crippen LogP contribution is 2.42. The average Bonchev–Trinajstić information content (AvgIpc) is 3.10. The first-order valence-corrected chi connectivity index (χ1v) is 11.5. The molecule has 0 spiro atoms. The fraction of sp³-hybridized carbons (Fsp3) is 0.417. The number of carbonyl (C=O) groups is 2. The highest BCUT2D eigenvalue weighted by molar-refractivity contribution is 8.00. The number of nitrogens with zero attached hydrogens (tertiary/aromatic N) is 1. The Balaban J connectivity index is 1.61. The number of hydrogen-bond donors (Lipinski definition) is 1. The minimum atomic E-state index is -0.0353. The standard InChI is InChI=1S/C24H30N2O2S/c1-3-4-5-6-7-12-22(27)25-20-15-13-19(14-16-20)24-26(23(28)17-29-24)21-11-9-8-10-18(21)2/h8-11,13-16,24H,3-7,12,17H2,1-2H3,(H,25,27). The fourth-order valence-corrected chi connectivity index (χ4v) is 4.78. The van der Waals surface area contributed by atoms with Gasteiger partial charge in [-0.25, -0.2) is 0 Å². The quantitative estimate of drug-likeness (QED) is 0.510. The summed E-state index contributed by atoms with van der Waals surface area (Å²) < 4.78 is 0. The molecule has 1 heterocycles. The van der Waals surface area contributed by atoms with Gasteiger partial charge in [-0.1, -0.05) is 62.9 Å². The third kappa shape index (κ3) is 5.63. The van der Waals surface area contributed by atoms with Crippen LogP contribution >= 0.6 is 11.8 Å². The lowest BCUT2D eigenvalue weighted by Gasteiger charge is -2.26. The lowest BCUT2D eigenvalue weighted by molar-refractivity contribution is -0.116. The van der Waals surface area contributed by atoms with Crippen molar-refractivity contribution in [3.05, 3.63) is 59.7 Å². The van der Waals surface area contributed by atoms with Gasteiger partial charge in [-0.15, -0.1) is 11.8 Å². The SMILES string of the molecule is CCCCCCCC(=O)Nc1ccc(C2SCC(=O)N2c2ccccc2C)cc1. The Labute approximate surface area is 178 Å². The van der Waals surface area contributed by atoms with Crippen LogP contribution in [0, 0.1) is 6.92 Å². The molecule has 0 radical (unpaired) electrons. The summed E-state index contributed by atoms with van der Waals surface area (Å²) in [6, 6.07) is 15.9. The number of anilines is 2. The molecular weight excluding hydrogens is 380 g/mol. The van der Waals surface area contributed by atoms with E-state index in [9.17, 15) is 9.59 Å². The summed E-state index contributed by atoms with van der Waals surface area (Å²) in [6.07, 6.45) is 6.28. The highest BCUT2D eigenvalue weighted by atomic mass is 32.2. The molecule has 2 amide bonds. The van der Waals surface area contributed by atoms with Crippen LogP contribution in [0.25, 0.3) is 0 Å². The topological polar surface area (TPSA) is 49.4 Å². The molecule has 1 aliphatic rings. The van der Waals surface area contributed by atoms with Crippen LogP contribution in [0.15, 0.2) is 48.5 Å². The van der Waals surface area contributed by atoms with Gasteiger partial charge < -0.3 is 5.32 Å². The molecule has 0 saturated carbocycles. The van der Waals surface area contributed by atoms with Crippen molar-refractivity contribution in [2.45, 2.75) is 57.7 Å². The third-order valence-corrected chi connectivity index (χ3v) is 6.44. The van der Waals surface area contributed by atoms with E-state index in [0.717, 1.165) is 35.3 Å². The van der Waals surface area contributed by atoms with Crippen LogP contribution in [0.4, 0.5) is 11.4 Å². The van der Waals surface area contributed by atoms with Gasteiger partial charge in [-0.05, 0) is 42.7 Å². The first-order valence-electron chi connectivity index (χ1n) is 10.5. The Morgan fingerprint density at radius 2 is 1.79 bits per heavy atom. The largest absolute Gasteiger partial charge is 0.326 e. The van der Waals surface area contributed by atoms with E-state index in [1.54, 1.807) is 11.8 Å². The number of benzene rings is 2. The maximum absolute atomic E-state index is 12.5. The molecule has 2 aromatic rings. The van der Waals surface area contributed by atoms with E-state index >= 15 is 0 Å². The third-order valence-electron chi connectivity index (χ3n) is 5.23. The molecule has 2 aromatic carbocycles. The van der Waals surface area contributed by atoms with Crippen LogP contribution in [-0.2, 0) is 9.59 Å². The van der Waals surface area contributed by atoms with Crippen LogP contribution in [-0.4, -0.2) is 17.6 Å². The Morgan fingerprint density at radius 3 is 2.52 bits per heavy atom. The molecule has 1 N–H and O–H groups in total. The predicted octanol–water partition coefficient (Wildman–Crippen LogP) is 6.07. The van der Waals surface area contributed by atoms with Crippen molar-refractivity contribution in [3.63, 3.8) is 0 Å². The number of para-hydroxylation sites is 1. The van der Waals surface area contributed by atoms with E-state index in [2.05, 4.69) is 12.2 Å². The minimum absolute atomic E-state index is 0.0353.